The predicted octanol–water partition coefficient (Wildman–Crippen LogP) is 0.679. The summed E-state index contributed by atoms with van der Waals surface area (Å²) < 4.78 is 0. The van der Waals surface area contributed by atoms with Crippen molar-refractivity contribution in [3.05, 3.63) is 0 Å². The van der Waals surface area contributed by atoms with Crippen LogP contribution in [0.2, 0.25) is 0 Å². The molecule has 0 aromatic heterocycles. The fourth-order valence-corrected chi connectivity index (χ4v) is 2.24. The largest absolute Gasteiger partial charge is 0.395 e. The molecule has 1 rings (SSSR count). The fraction of sp³-hybridized carbons (Fsp3) is 0.917. The van der Waals surface area contributed by atoms with E-state index in [4.69, 9.17) is 5.26 Å². The van der Waals surface area contributed by atoms with E-state index >= 15 is 0 Å². The zero-order chi connectivity index (χ0) is 11.8. The average Bonchev–Trinajstić information content (AvgIpc) is 2.33. The molecule has 0 saturated carbocycles. The van der Waals surface area contributed by atoms with Gasteiger partial charge in [0, 0.05) is 38.6 Å². The normalized spacial score (nSPS) is 20.6. The van der Waals surface area contributed by atoms with E-state index in [-0.39, 0.29) is 6.61 Å². The molecule has 0 aromatic carbocycles. The van der Waals surface area contributed by atoms with Gasteiger partial charge in [0.2, 0.25) is 0 Å². The van der Waals surface area contributed by atoms with Gasteiger partial charge in [-0.2, -0.15) is 5.26 Å². The van der Waals surface area contributed by atoms with Crippen molar-refractivity contribution >= 4 is 0 Å². The van der Waals surface area contributed by atoms with Crippen LogP contribution in [0.25, 0.3) is 0 Å². The van der Waals surface area contributed by atoms with Crippen LogP contribution >= 0.6 is 0 Å². The first-order chi connectivity index (χ1) is 7.81. The van der Waals surface area contributed by atoms with Crippen molar-refractivity contribution < 1.29 is 5.11 Å². The van der Waals surface area contributed by atoms with E-state index in [1.165, 1.54) is 0 Å². The minimum atomic E-state index is 0.269. The third-order valence-corrected chi connectivity index (χ3v) is 3.37. The molecule has 0 aliphatic carbocycles. The van der Waals surface area contributed by atoms with Gasteiger partial charge in [0.1, 0.15) is 0 Å². The third kappa shape index (κ3) is 4.09. The Morgan fingerprint density at radius 1 is 1.31 bits per heavy atom. The second-order valence-electron chi connectivity index (χ2n) is 4.38. The Morgan fingerprint density at radius 3 is 2.50 bits per heavy atom. The second kappa shape index (κ2) is 7.61. The number of hydrogen-bond acceptors (Lipinski definition) is 4. The van der Waals surface area contributed by atoms with Gasteiger partial charge in [0.05, 0.1) is 12.7 Å². The van der Waals surface area contributed by atoms with Crippen molar-refractivity contribution in [2.45, 2.75) is 32.2 Å². The van der Waals surface area contributed by atoms with Crippen molar-refractivity contribution in [3.63, 3.8) is 0 Å². The van der Waals surface area contributed by atoms with Gasteiger partial charge in [-0.1, -0.05) is 6.92 Å². The van der Waals surface area contributed by atoms with Gasteiger partial charge in [0.25, 0.3) is 0 Å². The number of unbranched alkanes of at least 4 members (excludes halogenated alkanes) is 1. The van der Waals surface area contributed by atoms with Crippen molar-refractivity contribution in [1.82, 2.24) is 9.80 Å². The topological polar surface area (TPSA) is 50.5 Å². The van der Waals surface area contributed by atoms with Crippen LogP contribution in [0, 0.1) is 11.3 Å². The maximum atomic E-state index is 9.23. The highest BCUT2D eigenvalue weighted by Crippen LogP contribution is 2.09. The average molecular weight is 225 g/mol. The van der Waals surface area contributed by atoms with Gasteiger partial charge in [-0.25, -0.2) is 0 Å². The Bertz CT molecular complexity index is 215. The molecule has 16 heavy (non-hydrogen) atoms. The number of aliphatic hydroxyl groups excluding tert-OH is 1. The maximum absolute atomic E-state index is 9.23. The van der Waals surface area contributed by atoms with Gasteiger partial charge in [-0.3, -0.25) is 4.90 Å². The summed E-state index contributed by atoms with van der Waals surface area (Å²) in [6, 6.07) is 2.52. The predicted molar refractivity (Wildman–Crippen MR) is 64.0 cm³/mol. The molecule has 1 unspecified atom stereocenters. The van der Waals surface area contributed by atoms with Gasteiger partial charge in [-0.05, 0) is 19.4 Å². The van der Waals surface area contributed by atoms with E-state index < -0.39 is 0 Å². The molecule has 0 bridgehead atoms. The Morgan fingerprint density at radius 2 is 2.00 bits per heavy atom. The molecular weight excluding hydrogens is 202 g/mol. The van der Waals surface area contributed by atoms with Crippen LogP contribution < -0.4 is 0 Å². The first-order valence-corrected chi connectivity index (χ1v) is 6.26. The number of piperazine rings is 1. The van der Waals surface area contributed by atoms with Crippen LogP contribution in [0.15, 0.2) is 0 Å². The van der Waals surface area contributed by atoms with Crippen LogP contribution in [0.1, 0.15) is 26.2 Å². The number of nitriles is 1. The Balaban J connectivity index is 2.20. The zero-order valence-electron chi connectivity index (χ0n) is 10.2. The van der Waals surface area contributed by atoms with Crippen LogP contribution in [-0.4, -0.2) is 60.3 Å². The molecule has 0 spiro atoms. The monoisotopic (exact) mass is 225 g/mol. The summed E-state index contributed by atoms with van der Waals surface area (Å²) in [6.45, 7) is 7.67. The highest BCUT2D eigenvalue weighted by Gasteiger charge is 2.21. The number of nitrogens with zero attached hydrogens (tertiary/aromatic N) is 3. The molecule has 4 heteroatoms. The minimum absolute atomic E-state index is 0.269. The summed E-state index contributed by atoms with van der Waals surface area (Å²) in [5.74, 6) is 0. The zero-order valence-corrected chi connectivity index (χ0v) is 10.2. The van der Waals surface area contributed by atoms with E-state index in [0.29, 0.717) is 12.5 Å². The third-order valence-electron chi connectivity index (χ3n) is 3.37. The fourth-order valence-electron chi connectivity index (χ4n) is 2.24. The van der Waals surface area contributed by atoms with E-state index in [9.17, 15) is 5.11 Å². The van der Waals surface area contributed by atoms with E-state index in [0.717, 1.165) is 45.6 Å². The second-order valence-corrected chi connectivity index (χ2v) is 4.38. The molecule has 0 aromatic rings. The quantitative estimate of drug-likeness (QED) is 0.675. The molecule has 4 nitrogen and oxygen atoms in total. The summed E-state index contributed by atoms with van der Waals surface area (Å²) in [5, 5.41) is 17.7. The first-order valence-electron chi connectivity index (χ1n) is 6.26. The van der Waals surface area contributed by atoms with Crippen LogP contribution in [0.3, 0.4) is 0 Å². The van der Waals surface area contributed by atoms with Crippen molar-refractivity contribution in [3.8, 4) is 6.07 Å². The number of hydrogen-bond donors (Lipinski definition) is 1. The number of rotatable bonds is 6. The first kappa shape index (κ1) is 13.4. The smallest absolute Gasteiger partial charge is 0.0622 e. The van der Waals surface area contributed by atoms with Crippen LogP contribution in [0.4, 0.5) is 0 Å². The summed E-state index contributed by atoms with van der Waals surface area (Å²) in [6.07, 6.45) is 2.66. The van der Waals surface area contributed by atoms with Crippen molar-refractivity contribution in [1.29, 1.82) is 5.26 Å². The SMILES string of the molecule is CCC(CO)N1CCN(CCCC#N)CC1. The Kier molecular flexibility index (Phi) is 6.39. The van der Waals surface area contributed by atoms with Gasteiger partial charge in [0.15, 0.2) is 0 Å². The highest BCUT2D eigenvalue weighted by molar-refractivity contribution is 4.78. The maximum Gasteiger partial charge on any atom is 0.0622 e. The van der Waals surface area contributed by atoms with Crippen molar-refractivity contribution in [2.75, 3.05) is 39.3 Å². The molecule has 1 N–H and O–H groups in total. The molecule has 1 heterocycles. The summed E-state index contributed by atoms with van der Waals surface area (Å²) >= 11 is 0. The molecule has 1 atom stereocenters. The Labute approximate surface area is 98.5 Å². The molecule has 1 aliphatic rings. The van der Waals surface area contributed by atoms with Gasteiger partial charge < -0.3 is 10.0 Å². The molecule has 1 aliphatic heterocycles. The van der Waals surface area contributed by atoms with E-state index in [1.807, 2.05) is 0 Å². The summed E-state index contributed by atoms with van der Waals surface area (Å²) in [7, 11) is 0. The van der Waals surface area contributed by atoms with Gasteiger partial charge >= 0.3 is 0 Å². The van der Waals surface area contributed by atoms with Gasteiger partial charge in [-0.15, -0.1) is 0 Å². The molecule has 0 radical (unpaired) electrons. The summed E-state index contributed by atoms with van der Waals surface area (Å²) in [4.78, 5) is 4.79. The van der Waals surface area contributed by atoms with Crippen molar-refractivity contribution in [2.24, 2.45) is 0 Å². The lowest BCUT2D eigenvalue weighted by Crippen LogP contribution is -2.51. The van der Waals surface area contributed by atoms with Crippen LogP contribution in [0.5, 0.6) is 0 Å². The van der Waals surface area contributed by atoms with E-state index in [2.05, 4.69) is 22.8 Å². The standard InChI is InChI=1S/C12H23N3O/c1-2-12(11-16)15-9-7-14(8-10-15)6-4-3-5-13/h12,16H,2-4,6-11H2,1H3. The number of aliphatic hydroxyl groups is 1. The summed E-state index contributed by atoms with van der Waals surface area (Å²) in [5.41, 5.74) is 0. The molecule has 1 saturated heterocycles. The Hall–Kier alpha value is -0.630. The lowest BCUT2D eigenvalue weighted by molar-refractivity contribution is 0.0634. The molecule has 92 valence electrons. The minimum Gasteiger partial charge on any atom is -0.395 e. The van der Waals surface area contributed by atoms with Crippen LogP contribution in [-0.2, 0) is 0 Å². The lowest BCUT2D eigenvalue weighted by atomic mass is 10.1. The molecule has 1 fully saturated rings. The highest BCUT2D eigenvalue weighted by atomic mass is 16.3. The molecule has 0 amide bonds. The van der Waals surface area contributed by atoms with E-state index in [1.54, 1.807) is 0 Å². The molecular formula is C12H23N3O. The lowest BCUT2D eigenvalue weighted by Gasteiger charge is -2.38.